The molecule has 13 rings (SSSR count). The molecule has 0 N–H and O–H groups in total. The molecular formula is C64H40F3N5S4. The summed E-state index contributed by atoms with van der Waals surface area (Å²) in [5.41, 5.74) is 6.53. The van der Waals surface area contributed by atoms with Gasteiger partial charge in [0.2, 0.25) is 0 Å². The summed E-state index contributed by atoms with van der Waals surface area (Å²) in [7, 11) is 0. The summed E-state index contributed by atoms with van der Waals surface area (Å²) in [6.45, 7) is 0. The van der Waals surface area contributed by atoms with Gasteiger partial charge in [0.25, 0.3) is 0 Å². The summed E-state index contributed by atoms with van der Waals surface area (Å²) in [6, 6.07) is 72.3. The average molecular weight is 1060 g/mol. The smallest absolute Gasteiger partial charge is 0.306 e. The number of nitrogens with zero attached hydrogens (tertiary/aromatic N) is 5. The summed E-state index contributed by atoms with van der Waals surface area (Å²) in [5.74, 6) is 0. The molecule has 0 aromatic heterocycles. The van der Waals surface area contributed by atoms with Crippen molar-refractivity contribution in [2.75, 3.05) is 19.6 Å². The molecule has 0 amide bonds. The molecule has 9 aromatic rings. The second-order valence-electron chi connectivity index (χ2n) is 17.9. The zero-order valence-corrected chi connectivity index (χ0v) is 43.4. The number of fused-ring (bicyclic) bond motifs is 4. The highest BCUT2D eigenvalue weighted by Crippen LogP contribution is 2.66. The van der Waals surface area contributed by atoms with Crippen LogP contribution in [0.1, 0.15) is 33.4 Å². The molecule has 0 atom stereocenters. The van der Waals surface area contributed by atoms with Crippen molar-refractivity contribution in [3.63, 3.8) is 0 Å². The molecule has 76 heavy (non-hydrogen) atoms. The Morgan fingerprint density at radius 3 is 0.882 bits per heavy atom. The van der Waals surface area contributed by atoms with Crippen LogP contribution in [0.5, 0.6) is 0 Å². The molecule has 0 bridgehead atoms. The molecule has 9 aromatic carbocycles. The first-order chi connectivity index (χ1) is 37.4. The van der Waals surface area contributed by atoms with Gasteiger partial charge in [-0.25, -0.2) is 0 Å². The standard InChI is InChI=1S/C64H40F3N5S4/c65-64(66,67)59-60(69-47-29-13-17-33-55(47)73-38-51(69)42-21-5-1-6-22-42)46(37-68)61(70-48-30-14-18-34-56(48)74-39-52(70)43-23-7-2-8-24-43)63(72-50-32-16-20-36-58(50)76-41-54(72)45-27-11-4-12-28-45)62(59)71-49-31-15-19-35-57(49)75-40-53(71)44-25-9-3-10-26-44/h1-36,38-41H. The number of rotatable bonds is 8. The van der Waals surface area contributed by atoms with Gasteiger partial charge in [-0.3, -0.25) is 0 Å². The largest absolute Gasteiger partial charge is 0.420 e. The molecule has 4 aliphatic heterocycles. The van der Waals surface area contributed by atoms with Crippen LogP contribution in [0.3, 0.4) is 0 Å². The van der Waals surface area contributed by atoms with Crippen LogP contribution in [-0.2, 0) is 6.18 Å². The third-order valence-corrected chi connectivity index (χ3v) is 17.3. The van der Waals surface area contributed by atoms with Gasteiger partial charge in [-0.05, 0) is 70.8 Å². The summed E-state index contributed by atoms with van der Waals surface area (Å²) >= 11 is 5.97. The summed E-state index contributed by atoms with van der Waals surface area (Å²) in [6.07, 6.45) is -5.12. The van der Waals surface area contributed by atoms with Gasteiger partial charge in [0.05, 0.1) is 68.3 Å². The molecule has 0 fully saturated rings. The van der Waals surface area contributed by atoms with Crippen molar-refractivity contribution in [2.45, 2.75) is 25.8 Å². The topological polar surface area (TPSA) is 36.8 Å². The predicted octanol–water partition coefficient (Wildman–Crippen LogP) is 19.5. The number of alkyl halides is 3. The van der Waals surface area contributed by atoms with Gasteiger partial charge in [0.1, 0.15) is 17.2 Å². The molecular weight excluding hydrogens is 1020 g/mol. The number of hydrogen-bond donors (Lipinski definition) is 0. The maximum Gasteiger partial charge on any atom is 0.420 e. The van der Waals surface area contributed by atoms with Gasteiger partial charge in [-0.15, -0.1) is 0 Å². The Morgan fingerprint density at radius 2 is 0.579 bits per heavy atom. The normalized spacial score (nSPS) is 14.8. The predicted molar refractivity (Wildman–Crippen MR) is 312 cm³/mol. The van der Waals surface area contributed by atoms with E-state index in [1.54, 1.807) is 16.7 Å². The molecule has 0 unspecified atom stereocenters. The first-order valence-corrected chi connectivity index (χ1v) is 27.9. The first kappa shape index (κ1) is 47.5. The fourth-order valence-corrected chi connectivity index (χ4v) is 14.0. The van der Waals surface area contributed by atoms with Crippen LogP contribution in [0.4, 0.5) is 58.7 Å². The number of benzene rings is 9. The van der Waals surface area contributed by atoms with Crippen molar-refractivity contribution in [1.29, 1.82) is 5.26 Å². The van der Waals surface area contributed by atoms with E-state index >= 15 is 13.2 Å². The van der Waals surface area contributed by atoms with Crippen LogP contribution in [0.2, 0.25) is 0 Å². The second-order valence-corrected chi connectivity index (χ2v) is 21.6. The fraction of sp³-hybridized carbons (Fsp3) is 0.0156. The third-order valence-electron chi connectivity index (χ3n) is 13.5. The molecule has 4 heterocycles. The Bertz CT molecular complexity index is 3910. The fourth-order valence-electron chi connectivity index (χ4n) is 10.3. The number of halogens is 3. The minimum Gasteiger partial charge on any atom is -0.306 e. The van der Waals surface area contributed by atoms with E-state index in [0.717, 1.165) is 30.7 Å². The quantitative estimate of drug-likeness (QED) is 0.148. The molecule has 0 saturated carbocycles. The van der Waals surface area contributed by atoms with Crippen molar-refractivity contribution in [3.05, 3.63) is 273 Å². The minimum atomic E-state index is -5.12. The molecule has 5 nitrogen and oxygen atoms in total. The number of hydrogen-bond acceptors (Lipinski definition) is 9. The molecule has 0 spiro atoms. The number of nitriles is 1. The van der Waals surface area contributed by atoms with Crippen molar-refractivity contribution in [2.24, 2.45) is 0 Å². The average Bonchev–Trinajstić information content (AvgIpc) is 3.55. The number of para-hydroxylation sites is 4. The Labute approximate surface area is 455 Å². The maximum atomic E-state index is 18.3. The SMILES string of the molecule is N#Cc1c(N2C(c3ccccc3)=CSc3ccccc32)c(N2C(c3ccccc3)=CSc3ccccc32)c(N2C(c3ccccc3)=CSc3ccccc32)c(C(F)(F)F)c1N1C(c2ccccc2)=CSc2ccccc21. The lowest BCUT2D eigenvalue weighted by Crippen LogP contribution is -2.32. The van der Waals surface area contributed by atoms with Crippen LogP contribution < -0.4 is 19.6 Å². The van der Waals surface area contributed by atoms with E-state index in [1.165, 1.54) is 35.3 Å². The molecule has 366 valence electrons. The van der Waals surface area contributed by atoms with E-state index in [2.05, 4.69) is 11.5 Å². The van der Waals surface area contributed by atoms with Crippen molar-refractivity contribution in [1.82, 2.24) is 0 Å². The van der Waals surface area contributed by atoms with E-state index in [0.29, 0.717) is 56.7 Å². The van der Waals surface area contributed by atoms with Crippen LogP contribution in [0.25, 0.3) is 22.8 Å². The van der Waals surface area contributed by atoms with Gasteiger partial charge >= 0.3 is 6.18 Å². The van der Waals surface area contributed by atoms with E-state index in [1.807, 2.05) is 249 Å². The van der Waals surface area contributed by atoms with Gasteiger partial charge in [-0.2, -0.15) is 18.4 Å². The van der Waals surface area contributed by atoms with Crippen molar-refractivity contribution >= 4 is 115 Å². The lowest BCUT2D eigenvalue weighted by Gasteiger charge is -2.45. The Morgan fingerprint density at radius 1 is 0.316 bits per heavy atom. The van der Waals surface area contributed by atoms with E-state index in [9.17, 15) is 5.26 Å². The van der Waals surface area contributed by atoms with E-state index in [-0.39, 0.29) is 28.3 Å². The van der Waals surface area contributed by atoms with Crippen LogP contribution >= 0.6 is 47.0 Å². The second kappa shape index (κ2) is 19.8. The third kappa shape index (κ3) is 8.18. The van der Waals surface area contributed by atoms with Gasteiger partial charge in [-0.1, -0.05) is 217 Å². The summed E-state index contributed by atoms with van der Waals surface area (Å²) in [5, 5.41) is 20.5. The molecule has 0 saturated heterocycles. The van der Waals surface area contributed by atoms with Crippen LogP contribution in [0.15, 0.2) is 260 Å². The van der Waals surface area contributed by atoms with E-state index < -0.39 is 11.7 Å². The lowest BCUT2D eigenvalue weighted by atomic mass is 9.92. The van der Waals surface area contributed by atoms with Crippen LogP contribution in [0, 0.1) is 11.3 Å². The Balaban J connectivity index is 1.31. The van der Waals surface area contributed by atoms with Gasteiger partial charge < -0.3 is 19.6 Å². The number of thioether (sulfide) groups is 4. The zero-order chi connectivity index (χ0) is 51.3. The van der Waals surface area contributed by atoms with Crippen molar-refractivity contribution in [3.8, 4) is 6.07 Å². The van der Waals surface area contributed by atoms with Gasteiger partial charge in [0, 0.05) is 41.2 Å². The maximum absolute atomic E-state index is 18.3. The Hall–Kier alpha value is -8.18. The van der Waals surface area contributed by atoms with E-state index in [4.69, 9.17) is 0 Å². The van der Waals surface area contributed by atoms with Crippen LogP contribution in [-0.4, -0.2) is 0 Å². The minimum absolute atomic E-state index is 0.158. The molecule has 4 aliphatic rings. The van der Waals surface area contributed by atoms with Crippen molar-refractivity contribution < 1.29 is 13.2 Å². The lowest BCUT2D eigenvalue weighted by molar-refractivity contribution is -0.136. The molecule has 0 aliphatic carbocycles. The molecule has 0 radical (unpaired) electrons. The molecule has 12 heteroatoms. The Kier molecular flexibility index (Phi) is 12.4. The summed E-state index contributed by atoms with van der Waals surface area (Å²) < 4.78 is 54.9. The highest BCUT2D eigenvalue weighted by molar-refractivity contribution is 8.03. The highest BCUT2D eigenvalue weighted by atomic mass is 32.2. The zero-order valence-electron chi connectivity index (χ0n) is 40.1. The highest BCUT2D eigenvalue weighted by Gasteiger charge is 2.50. The summed E-state index contributed by atoms with van der Waals surface area (Å²) in [4.78, 5) is 10.7. The first-order valence-electron chi connectivity index (χ1n) is 24.3. The number of anilines is 8. The van der Waals surface area contributed by atoms with Gasteiger partial charge in [0.15, 0.2) is 0 Å². The monoisotopic (exact) mass is 1060 g/mol.